The second kappa shape index (κ2) is 5.80. The summed E-state index contributed by atoms with van der Waals surface area (Å²) in [5, 5.41) is 8.91. The van der Waals surface area contributed by atoms with E-state index in [1.807, 2.05) is 0 Å². The first-order valence-corrected chi connectivity index (χ1v) is 5.54. The van der Waals surface area contributed by atoms with Gasteiger partial charge in [0.05, 0.1) is 23.0 Å². The second-order valence-electron chi connectivity index (χ2n) is 3.79. The first-order chi connectivity index (χ1) is 8.75. The van der Waals surface area contributed by atoms with Gasteiger partial charge < -0.3 is 5.73 Å². The van der Waals surface area contributed by atoms with Gasteiger partial charge in [-0.2, -0.15) is 18.4 Å². The average molecular weight is 286 g/mol. The number of nitriles is 1. The van der Waals surface area contributed by atoms with Crippen LogP contribution < -0.4 is 5.73 Å². The molecule has 0 bridgehead atoms. The maximum absolute atomic E-state index is 12.4. The Kier molecular flexibility index (Phi) is 4.62. The monoisotopic (exact) mass is 286 g/mol. The van der Waals surface area contributed by atoms with Crippen molar-refractivity contribution in [1.29, 1.82) is 5.26 Å². The summed E-state index contributed by atoms with van der Waals surface area (Å²) in [4.78, 5) is 11.6. The van der Waals surface area contributed by atoms with Gasteiger partial charge in [-0.05, 0) is 17.7 Å². The molecule has 0 saturated carbocycles. The number of hydrogen-bond donors (Lipinski definition) is 1. The van der Waals surface area contributed by atoms with Crippen LogP contribution in [0.1, 0.15) is 23.5 Å². The van der Waals surface area contributed by atoms with Crippen LogP contribution in [0.15, 0.2) is 24.3 Å². The van der Waals surface area contributed by atoms with Crippen molar-refractivity contribution in [3.63, 3.8) is 0 Å². The number of rotatable bonds is 4. The summed E-state index contributed by atoms with van der Waals surface area (Å²) in [6.07, 6.45) is -4.71. The molecule has 100 valence electrons. The van der Waals surface area contributed by atoms with Crippen LogP contribution in [0.2, 0.25) is 0 Å². The van der Waals surface area contributed by atoms with Gasteiger partial charge in [0, 0.05) is 0 Å². The number of nitrogens with two attached hydrogens (primary N) is 1. The lowest BCUT2D eigenvalue weighted by Gasteiger charge is -2.10. The Bertz CT molecular complexity index is 531. The van der Waals surface area contributed by atoms with Crippen LogP contribution in [0.3, 0.4) is 0 Å². The van der Waals surface area contributed by atoms with Gasteiger partial charge in [-0.1, -0.05) is 24.4 Å². The topological polar surface area (TPSA) is 66.9 Å². The summed E-state index contributed by atoms with van der Waals surface area (Å²) >= 11 is 4.56. The molecule has 19 heavy (non-hydrogen) atoms. The lowest BCUT2D eigenvalue weighted by atomic mass is 9.93. The average Bonchev–Trinajstić information content (AvgIpc) is 2.28. The third kappa shape index (κ3) is 4.03. The third-order valence-corrected chi connectivity index (χ3v) is 2.52. The van der Waals surface area contributed by atoms with Crippen LogP contribution in [-0.2, 0) is 11.0 Å². The number of carbonyl (C=O) groups is 1. The Morgan fingerprint density at radius 2 is 1.89 bits per heavy atom. The Morgan fingerprint density at radius 1 is 1.37 bits per heavy atom. The van der Waals surface area contributed by atoms with E-state index in [1.165, 1.54) is 0 Å². The first-order valence-electron chi connectivity index (χ1n) is 5.13. The molecular weight excluding hydrogens is 277 g/mol. The number of Topliss-reactive ketones (excluding diaryl/α,β-unsaturated/α-hetero) is 1. The largest absolute Gasteiger partial charge is 0.416 e. The fourth-order valence-corrected chi connectivity index (χ4v) is 1.61. The summed E-state index contributed by atoms with van der Waals surface area (Å²) in [7, 11) is 0. The Balaban J connectivity index is 2.99. The second-order valence-corrected chi connectivity index (χ2v) is 4.32. The molecule has 0 radical (unpaired) electrons. The van der Waals surface area contributed by atoms with Crippen molar-refractivity contribution in [3.05, 3.63) is 35.4 Å². The van der Waals surface area contributed by atoms with Gasteiger partial charge in [0.25, 0.3) is 0 Å². The molecule has 0 heterocycles. The third-order valence-electron chi connectivity index (χ3n) is 2.37. The van der Waals surface area contributed by atoms with Crippen molar-refractivity contribution < 1.29 is 18.0 Å². The zero-order valence-electron chi connectivity index (χ0n) is 9.57. The highest BCUT2D eigenvalue weighted by atomic mass is 32.1. The molecule has 1 rings (SSSR count). The Morgan fingerprint density at radius 3 is 2.26 bits per heavy atom. The molecule has 3 nitrogen and oxygen atoms in total. The molecule has 1 unspecified atom stereocenters. The fourth-order valence-electron chi connectivity index (χ4n) is 1.47. The first kappa shape index (κ1) is 15.1. The number of alkyl halides is 3. The SMILES string of the molecule is N#CC(C(=O)CC(N)=S)c1ccc(C(F)(F)F)cc1. The van der Waals surface area contributed by atoms with Gasteiger partial charge in [0.1, 0.15) is 5.92 Å². The van der Waals surface area contributed by atoms with Crippen LogP contribution in [0.25, 0.3) is 0 Å². The number of ketones is 1. The van der Waals surface area contributed by atoms with Crippen LogP contribution in [0.4, 0.5) is 13.2 Å². The minimum absolute atomic E-state index is 0.0582. The predicted molar refractivity (Wildman–Crippen MR) is 66.2 cm³/mol. The number of nitrogens with zero attached hydrogens (tertiary/aromatic N) is 1. The molecule has 0 spiro atoms. The number of benzene rings is 1. The van der Waals surface area contributed by atoms with E-state index in [9.17, 15) is 18.0 Å². The normalized spacial score (nSPS) is 12.5. The van der Waals surface area contributed by atoms with Gasteiger partial charge in [0.2, 0.25) is 0 Å². The van der Waals surface area contributed by atoms with Crippen molar-refractivity contribution in [3.8, 4) is 6.07 Å². The molecule has 1 aromatic rings. The zero-order valence-corrected chi connectivity index (χ0v) is 10.4. The lowest BCUT2D eigenvalue weighted by Crippen LogP contribution is -2.19. The van der Waals surface area contributed by atoms with Gasteiger partial charge >= 0.3 is 6.18 Å². The molecule has 0 aliphatic rings. The molecule has 0 fully saturated rings. The van der Waals surface area contributed by atoms with Gasteiger partial charge in [0.15, 0.2) is 5.78 Å². The van der Waals surface area contributed by atoms with Crippen LogP contribution in [-0.4, -0.2) is 10.8 Å². The predicted octanol–water partition coefficient (Wildman–Crippen LogP) is 2.56. The molecular formula is C12H9F3N2OS. The Hall–Kier alpha value is -1.94. The van der Waals surface area contributed by atoms with E-state index < -0.39 is 23.4 Å². The highest BCUT2D eigenvalue weighted by molar-refractivity contribution is 7.80. The van der Waals surface area contributed by atoms with E-state index in [0.717, 1.165) is 24.3 Å². The molecule has 0 aliphatic carbocycles. The van der Waals surface area contributed by atoms with Gasteiger partial charge in [-0.15, -0.1) is 0 Å². The van der Waals surface area contributed by atoms with Crippen molar-refractivity contribution in [2.45, 2.75) is 18.5 Å². The quantitative estimate of drug-likeness (QED) is 0.864. The van der Waals surface area contributed by atoms with E-state index in [4.69, 9.17) is 11.0 Å². The summed E-state index contributed by atoms with van der Waals surface area (Å²) in [6.45, 7) is 0. The number of halogens is 3. The van der Waals surface area contributed by atoms with Crippen LogP contribution in [0.5, 0.6) is 0 Å². The number of carbonyl (C=O) groups excluding carboxylic acids is 1. The van der Waals surface area contributed by atoms with Crippen molar-refractivity contribution >= 4 is 23.0 Å². The molecule has 1 atom stereocenters. The van der Waals surface area contributed by atoms with E-state index >= 15 is 0 Å². The molecule has 0 saturated heterocycles. The van der Waals surface area contributed by atoms with Crippen LogP contribution in [0, 0.1) is 11.3 Å². The molecule has 7 heteroatoms. The maximum atomic E-state index is 12.4. The molecule has 0 amide bonds. The highest BCUT2D eigenvalue weighted by Gasteiger charge is 2.30. The smallest absolute Gasteiger partial charge is 0.393 e. The van der Waals surface area contributed by atoms with Crippen molar-refractivity contribution in [1.82, 2.24) is 0 Å². The van der Waals surface area contributed by atoms with Crippen LogP contribution >= 0.6 is 12.2 Å². The highest BCUT2D eigenvalue weighted by Crippen LogP contribution is 2.30. The summed E-state index contributed by atoms with van der Waals surface area (Å²) in [5.41, 5.74) is 4.55. The molecule has 2 N–H and O–H groups in total. The van der Waals surface area contributed by atoms with Gasteiger partial charge in [-0.25, -0.2) is 0 Å². The maximum Gasteiger partial charge on any atom is 0.416 e. The van der Waals surface area contributed by atoms with E-state index in [-0.39, 0.29) is 17.0 Å². The Labute approximate surface area is 112 Å². The molecule has 0 aromatic heterocycles. The minimum Gasteiger partial charge on any atom is -0.393 e. The van der Waals surface area contributed by atoms with Crippen molar-refractivity contribution in [2.24, 2.45) is 5.73 Å². The summed E-state index contributed by atoms with van der Waals surface area (Å²) < 4.78 is 37.1. The van der Waals surface area contributed by atoms with Crippen molar-refractivity contribution in [2.75, 3.05) is 0 Å². The summed E-state index contributed by atoms with van der Waals surface area (Å²) in [5.74, 6) is -1.70. The molecule has 1 aromatic carbocycles. The standard InChI is InChI=1S/C12H9F3N2OS/c13-12(14,15)8-3-1-7(2-4-8)9(6-16)10(18)5-11(17)19/h1-4,9H,5H2,(H2,17,19). The summed E-state index contributed by atoms with van der Waals surface area (Å²) in [6, 6.07) is 5.60. The van der Waals surface area contributed by atoms with E-state index in [0.29, 0.717) is 0 Å². The minimum atomic E-state index is -4.45. The molecule has 0 aliphatic heterocycles. The number of hydrogen-bond acceptors (Lipinski definition) is 3. The zero-order chi connectivity index (χ0) is 14.6. The van der Waals surface area contributed by atoms with Gasteiger partial charge in [-0.3, -0.25) is 4.79 Å². The fraction of sp³-hybridized carbons (Fsp3) is 0.250. The number of thiocarbonyl (C=S) groups is 1. The lowest BCUT2D eigenvalue weighted by molar-refractivity contribution is -0.137. The van der Waals surface area contributed by atoms with E-state index in [1.54, 1.807) is 6.07 Å². The van der Waals surface area contributed by atoms with E-state index in [2.05, 4.69) is 12.2 Å².